The Labute approximate surface area is 182 Å². The number of ketones is 1. The third-order valence-electron chi connectivity index (χ3n) is 5.26. The van der Waals surface area contributed by atoms with Crippen LogP contribution in [0.2, 0.25) is 5.02 Å². The van der Waals surface area contributed by atoms with Crippen LogP contribution < -0.4 is 4.90 Å². The monoisotopic (exact) mass is 429 g/mol. The number of imidazole rings is 1. The van der Waals surface area contributed by atoms with E-state index in [2.05, 4.69) is 9.97 Å². The van der Waals surface area contributed by atoms with Crippen molar-refractivity contribution in [2.45, 2.75) is 6.04 Å². The second-order valence-electron chi connectivity index (χ2n) is 7.17. The molecule has 152 valence electrons. The Balaban J connectivity index is 1.74. The average Bonchev–Trinajstić information content (AvgIpc) is 3.32. The number of Topliss-reactive ketones (excluding diaryl/α,β-unsaturated/α-hetero) is 1. The first kappa shape index (κ1) is 19.1. The van der Waals surface area contributed by atoms with Crippen LogP contribution in [0, 0.1) is 0 Å². The molecule has 1 aliphatic heterocycles. The third kappa shape index (κ3) is 3.17. The summed E-state index contributed by atoms with van der Waals surface area (Å²) in [5.74, 6) is -1.60. The molecule has 0 bridgehead atoms. The molecule has 0 radical (unpaired) electrons. The number of carbonyl (C=O) groups excluding carboxylic acids is 2. The normalized spacial score (nSPS) is 18.1. The summed E-state index contributed by atoms with van der Waals surface area (Å²) in [7, 11) is 0. The highest BCUT2D eigenvalue weighted by atomic mass is 35.5. The van der Waals surface area contributed by atoms with E-state index in [1.54, 1.807) is 36.4 Å². The van der Waals surface area contributed by atoms with Gasteiger partial charge in [0.1, 0.15) is 5.76 Å². The second kappa shape index (κ2) is 7.41. The van der Waals surface area contributed by atoms with Crippen molar-refractivity contribution in [1.82, 2.24) is 9.97 Å². The van der Waals surface area contributed by atoms with Crippen LogP contribution >= 0.6 is 11.6 Å². The van der Waals surface area contributed by atoms with Crippen molar-refractivity contribution in [2.75, 3.05) is 4.90 Å². The highest BCUT2D eigenvalue weighted by molar-refractivity contribution is 6.51. The molecule has 1 aliphatic rings. The molecular weight excluding hydrogens is 414 g/mol. The lowest BCUT2D eigenvalue weighted by atomic mass is 9.95. The van der Waals surface area contributed by atoms with Crippen LogP contribution in [-0.2, 0) is 9.59 Å². The molecule has 2 heterocycles. The smallest absolute Gasteiger partial charge is 0.302 e. The lowest BCUT2D eigenvalue weighted by molar-refractivity contribution is -0.132. The number of nitrogens with one attached hydrogen (secondary N) is 1. The summed E-state index contributed by atoms with van der Waals surface area (Å²) in [5, 5.41) is 11.5. The number of aromatic nitrogens is 2. The molecule has 1 unspecified atom stereocenters. The first-order valence-corrected chi connectivity index (χ1v) is 9.99. The first-order chi connectivity index (χ1) is 15.0. The highest BCUT2D eigenvalue weighted by Crippen LogP contribution is 2.41. The van der Waals surface area contributed by atoms with Crippen molar-refractivity contribution < 1.29 is 14.7 Å². The molecule has 1 fully saturated rings. The minimum atomic E-state index is -0.847. The molecule has 0 spiro atoms. The Bertz CT molecular complexity index is 1330. The highest BCUT2D eigenvalue weighted by Gasteiger charge is 2.48. The van der Waals surface area contributed by atoms with Crippen molar-refractivity contribution in [1.29, 1.82) is 0 Å². The van der Waals surface area contributed by atoms with Gasteiger partial charge in [-0.1, -0.05) is 66.2 Å². The van der Waals surface area contributed by atoms with Crippen LogP contribution in [0.3, 0.4) is 0 Å². The van der Waals surface area contributed by atoms with Crippen LogP contribution in [0.5, 0.6) is 0 Å². The van der Waals surface area contributed by atoms with E-state index in [9.17, 15) is 14.7 Å². The van der Waals surface area contributed by atoms with Crippen LogP contribution in [0.4, 0.5) is 5.95 Å². The topological polar surface area (TPSA) is 86.3 Å². The zero-order chi connectivity index (χ0) is 21.5. The molecule has 31 heavy (non-hydrogen) atoms. The molecule has 0 aliphatic carbocycles. The van der Waals surface area contributed by atoms with E-state index in [-0.39, 0.29) is 17.3 Å². The number of H-pyrrole nitrogens is 1. The van der Waals surface area contributed by atoms with Crippen molar-refractivity contribution in [3.05, 3.63) is 101 Å². The van der Waals surface area contributed by atoms with Crippen LogP contribution in [0.25, 0.3) is 16.8 Å². The van der Waals surface area contributed by atoms with Gasteiger partial charge in [0.25, 0.3) is 5.78 Å². The van der Waals surface area contributed by atoms with Gasteiger partial charge in [-0.25, -0.2) is 4.98 Å². The molecule has 1 saturated heterocycles. The predicted octanol–water partition coefficient (Wildman–Crippen LogP) is 4.84. The van der Waals surface area contributed by atoms with Crippen molar-refractivity contribution in [2.24, 2.45) is 0 Å². The number of carbonyl (C=O) groups is 2. The lowest BCUT2D eigenvalue weighted by Crippen LogP contribution is -2.30. The van der Waals surface area contributed by atoms with E-state index in [0.29, 0.717) is 21.7 Å². The molecular formula is C24H16ClN3O3. The van der Waals surface area contributed by atoms with E-state index in [4.69, 9.17) is 11.6 Å². The zero-order valence-electron chi connectivity index (χ0n) is 16.1. The summed E-state index contributed by atoms with van der Waals surface area (Å²) in [6, 6.07) is 22.1. The minimum absolute atomic E-state index is 0.0149. The fraction of sp³-hybridized carbons (Fsp3) is 0.0417. The van der Waals surface area contributed by atoms with Crippen LogP contribution in [-0.4, -0.2) is 26.8 Å². The van der Waals surface area contributed by atoms with Crippen LogP contribution in [0.15, 0.2) is 84.4 Å². The second-order valence-corrected chi connectivity index (χ2v) is 7.60. The van der Waals surface area contributed by atoms with E-state index in [0.717, 1.165) is 5.52 Å². The van der Waals surface area contributed by atoms with Crippen molar-refractivity contribution >= 4 is 46.0 Å². The summed E-state index contributed by atoms with van der Waals surface area (Å²) in [4.78, 5) is 35.1. The molecule has 1 aromatic heterocycles. The van der Waals surface area contributed by atoms with Crippen LogP contribution in [0.1, 0.15) is 17.2 Å². The first-order valence-electron chi connectivity index (χ1n) is 9.61. The maximum Gasteiger partial charge on any atom is 0.302 e. The number of benzene rings is 3. The quantitative estimate of drug-likeness (QED) is 0.277. The van der Waals surface area contributed by atoms with Gasteiger partial charge in [0.15, 0.2) is 0 Å². The summed E-state index contributed by atoms with van der Waals surface area (Å²) < 4.78 is 0. The van der Waals surface area contributed by atoms with Gasteiger partial charge in [0, 0.05) is 10.6 Å². The summed E-state index contributed by atoms with van der Waals surface area (Å²) in [6.07, 6.45) is 0. The van der Waals surface area contributed by atoms with Gasteiger partial charge in [-0.2, -0.15) is 0 Å². The van der Waals surface area contributed by atoms with Crippen molar-refractivity contribution in [3.63, 3.8) is 0 Å². The molecule has 1 atom stereocenters. The number of halogens is 1. The number of hydrogen-bond donors (Lipinski definition) is 2. The van der Waals surface area contributed by atoms with Gasteiger partial charge < -0.3 is 10.1 Å². The lowest BCUT2D eigenvalue weighted by Gasteiger charge is -2.23. The van der Waals surface area contributed by atoms with Crippen molar-refractivity contribution in [3.8, 4) is 0 Å². The van der Waals surface area contributed by atoms with E-state index >= 15 is 0 Å². The fourth-order valence-corrected chi connectivity index (χ4v) is 4.04. The average molecular weight is 430 g/mol. The molecule has 4 aromatic rings. The molecule has 1 amide bonds. The Hall–Kier alpha value is -3.90. The SMILES string of the molecule is O=C1C(=O)N(c2nc3ccccc3[nH]2)C(c2ccccc2)/C1=C(\O)c1cccc(Cl)c1. The Morgan fingerprint density at radius 3 is 2.45 bits per heavy atom. The summed E-state index contributed by atoms with van der Waals surface area (Å²) in [5.41, 5.74) is 2.42. The number of amides is 1. The maximum absolute atomic E-state index is 13.1. The number of anilines is 1. The fourth-order valence-electron chi connectivity index (χ4n) is 3.85. The molecule has 3 aromatic carbocycles. The Morgan fingerprint density at radius 1 is 0.968 bits per heavy atom. The standard InChI is InChI=1S/C24H16ClN3O3/c25-16-10-6-9-15(13-16)21(29)19-20(14-7-2-1-3-8-14)28(23(31)22(19)30)24-26-17-11-4-5-12-18(17)27-24/h1-13,20,29H,(H,26,27)/b21-19+. The number of aliphatic hydroxyl groups is 1. The van der Waals surface area contributed by atoms with Gasteiger partial charge in [-0.05, 0) is 29.8 Å². The number of hydrogen-bond acceptors (Lipinski definition) is 4. The summed E-state index contributed by atoms with van der Waals surface area (Å²) in [6.45, 7) is 0. The minimum Gasteiger partial charge on any atom is -0.507 e. The van der Waals surface area contributed by atoms with Gasteiger partial charge >= 0.3 is 5.91 Å². The van der Waals surface area contributed by atoms with E-state index in [1.807, 2.05) is 42.5 Å². The zero-order valence-corrected chi connectivity index (χ0v) is 16.9. The number of nitrogens with zero attached hydrogens (tertiary/aromatic N) is 2. The van der Waals surface area contributed by atoms with Gasteiger partial charge in [0.2, 0.25) is 5.95 Å². The predicted molar refractivity (Wildman–Crippen MR) is 119 cm³/mol. The van der Waals surface area contributed by atoms with E-state index in [1.165, 1.54) is 4.90 Å². The van der Waals surface area contributed by atoms with E-state index < -0.39 is 17.7 Å². The molecule has 5 rings (SSSR count). The summed E-state index contributed by atoms with van der Waals surface area (Å²) >= 11 is 6.07. The van der Waals surface area contributed by atoms with Gasteiger partial charge in [0.05, 0.1) is 22.6 Å². The molecule has 2 N–H and O–H groups in total. The number of aromatic amines is 1. The molecule has 0 saturated carbocycles. The molecule has 7 heteroatoms. The largest absolute Gasteiger partial charge is 0.507 e. The number of para-hydroxylation sites is 2. The van der Waals surface area contributed by atoms with Gasteiger partial charge in [-0.3, -0.25) is 14.5 Å². The number of rotatable bonds is 3. The number of fused-ring (bicyclic) bond motifs is 1. The van der Waals surface area contributed by atoms with Gasteiger partial charge in [-0.15, -0.1) is 0 Å². The Morgan fingerprint density at radius 2 is 1.71 bits per heavy atom. The maximum atomic E-state index is 13.1. The number of aliphatic hydroxyl groups excluding tert-OH is 1. The molecule has 6 nitrogen and oxygen atoms in total. The third-order valence-corrected chi connectivity index (χ3v) is 5.50. The Kier molecular flexibility index (Phi) is 4.56.